The van der Waals surface area contributed by atoms with Crippen LogP contribution >= 0.6 is 11.6 Å². The molecule has 0 radical (unpaired) electrons. The van der Waals surface area contributed by atoms with Crippen LogP contribution in [0.15, 0.2) is 18.2 Å². The number of likely N-dealkylation sites (N-methyl/N-ethyl adjacent to an activating group) is 1. The van der Waals surface area contributed by atoms with Gasteiger partial charge in [0.2, 0.25) is 0 Å². The Morgan fingerprint density at radius 1 is 1.41 bits per heavy atom. The Bertz CT molecular complexity index is 477. The van der Waals surface area contributed by atoms with Crippen LogP contribution in [0.5, 0.6) is 0 Å². The monoisotopic (exact) mass is 251 g/mol. The number of piperazine rings is 1. The molecule has 0 aromatic heterocycles. The second-order valence-corrected chi connectivity index (χ2v) is 4.88. The highest BCUT2D eigenvalue weighted by molar-refractivity contribution is 6.31. The quantitative estimate of drug-likeness (QED) is 0.750. The molecule has 0 bridgehead atoms. The van der Waals surface area contributed by atoms with Crippen molar-refractivity contribution in [1.29, 1.82) is 0 Å². The Balaban J connectivity index is 2.13. The molecule has 2 heterocycles. The van der Waals surface area contributed by atoms with Gasteiger partial charge in [-0.15, -0.1) is 0 Å². The van der Waals surface area contributed by atoms with Crippen LogP contribution in [-0.2, 0) is 4.79 Å². The molecule has 0 saturated carbocycles. The number of fused-ring (bicyclic) bond motifs is 3. The number of hydrogen-bond donors (Lipinski definition) is 1. The summed E-state index contributed by atoms with van der Waals surface area (Å²) >= 11 is 6.05. The second kappa shape index (κ2) is 3.89. The molecule has 17 heavy (non-hydrogen) atoms. The summed E-state index contributed by atoms with van der Waals surface area (Å²) in [6, 6.07) is 5.58. The van der Waals surface area contributed by atoms with Crippen molar-refractivity contribution in [2.75, 3.05) is 36.5 Å². The molecule has 0 spiro atoms. The van der Waals surface area contributed by atoms with Gasteiger partial charge in [0.15, 0.2) is 0 Å². The van der Waals surface area contributed by atoms with Gasteiger partial charge in [-0.25, -0.2) is 0 Å². The minimum absolute atomic E-state index is 0.0975. The Kier molecular flexibility index (Phi) is 2.49. The van der Waals surface area contributed by atoms with E-state index in [4.69, 9.17) is 11.6 Å². The molecule has 1 aromatic carbocycles. The van der Waals surface area contributed by atoms with Gasteiger partial charge in [-0.1, -0.05) is 11.6 Å². The van der Waals surface area contributed by atoms with Gasteiger partial charge in [-0.3, -0.25) is 4.79 Å². The summed E-state index contributed by atoms with van der Waals surface area (Å²) in [6.07, 6.45) is 0. The first-order chi connectivity index (χ1) is 8.18. The number of nitrogens with one attached hydrogen (secondary N) is 1. The number of hydrogen-bond acceptors (Lipinski definition) is 3. The summed E-state index contributed by atoms with van der Waals surface area (Å²) in [5, 5.41) is 3.97. The van der Waals surface area contributed by atoms with Crippen LogP contribution in [0, 0.1) is 0 Å². The summed E-state index contributed by atoms with van der Waals surface area (Å²) in [5.74, 6) is 0.145. The highest BCUT2D eigenvalue weighted by atomic mass is 35.5. The first-order valence-electron chi connectivity index (χ1n) is 5.73. The van der Waals surface area contributed by atoms with Crippen molar-refractivity contribution in [2.24, 2.45) is 0 Å². The van der Waals surface area contributed by atoms with Gasteiger partial charge < -0.3 is 15.1 Å². The second-order valence-electron chi connectivity index (χ2n) is 4.44. The third-order valence-corrected chi connectivity index (χ3v) is 3.70. The number of halogens is 1. The van der Waals surface area contributed by atoms with Crippen LogP contribution in [-0.4, -0.2) is 38.6 Å². The highest BCUT2D eigenvalue weighted by Gasteiger charge is 2.37. The Morgan fingerprint density at radius 2 is 2.24 bits per heavy atom. The summed E-state index contributed by atoms with van der Waals surface area (Å²) in [4.78, 5) is 16.1. The van der Waals surface area contributed by atoms with Gasteiger partial charge in [0.1, 0.15) is 6.04 Å². The van der Waals surface area contributed by atoms with Crippen LogP contribution in [0.3, 0.4) is 0 Å². The fraction of sp³-hybridized carbons (Fsp3) is 0.417. The lowest BCUT2D eigenvalue weighted by molar-refractivity contribution is -0.120. The maximum atomic E-state index is 12.2. The molecular weight excluding hydrogens is 238 g/mol. The number of carbonyl (C=O) groups is 1. The van der Waals surface area contributed by atoms with Crippen molar-refractivity contribution in [2.45, 2.75) is 6.04 Å². The van der Waals surface area contributed by atoms with Crippen LogP contribution in [0.4, 0.5) is 11.4 Å². The molecule has 4 nitrogen and oxygen atoms in total. The van der Waals surface area contributed by atoms with Crippen molar-refractivity contribution < 1.29 is 4.79 Å². The van der Waals surface area contributed by atoms with Gasteiger partial charge in [0, 0.05) is 31.7 Å². The number of amides is 1. The van der Waals surface area contributed by atoms with Crippen LogP contribution < -0.4 is 15.1 Å². The minimum Gasteiger partial charge on any atom is -0.355 e. The van der Waals surface area contributed by atoms with Crippen LogP contribution in [0.1, 0.15) is 0 Å². The maximum Gasteiger partial charge on any atom is 0.250 e. The molecule has 3 rings (SSSR count). The molecule has 1 aromatic rings. The summed E-state index contributed by atoms with van der Waals surface area (Å²) in [6.45, 7) is 2.45. The zero-order valence-corrected chi connectivity index (χ0v) is 10.4. The molecule has 2 aliphatic rings. The Hall–Kier alpha value is -1.26. The lowest BCUT2D eigenvalue weighted by atomic mass is 10.0. The molecule has 1 saturated heterocycles. The van der Waals surface area contributed by atoms with E-state index in [-0.39, 0.29) is 11.9 Å². The lowest BCUT2D eigenvalue weighted by Gasteiger charge is -2.44. The summed E-state index contributed by atoms with van der Waals surface area (Å²) in [7, 11) is 1.82. The van der Waals surface area contributed by atoms with Gasteiger partial charge in [-0.2, -0.15) is 0 Å². The molecular formula is C12H14ClN3O. The average Bonchev–Trinajstić information content (AvgIpc) is 2.36. The third-order valence-electron chi connectivity index (χ3n) is 3.47. The maximum absolute atomic E-state index is 12.2. The molecule has 1 atom stereocenters. The molecule has 90 valence electrons. The number of carbonyl (C=O) groups excluding carboxylic acids is 1. The van der Waals surface area contributed by atoms with E-state index in [1.54, 1.807) is 4.90 Å². The summed E-state index contributed by atoms with van der Waals surface area (Å²) in [5.41, 5.74) is 2.00. The number of anilines is 2. The molecule has 1 unspecified atom stereocenters. The topological polar surface area (TPSA) is 35.6 Å². The van der Waals surface area contributed by atoms with Gasteiger partial charge in [0.05, 0.1) is 11.4 Å². The largest absolute Gasteiger partial charge is 0.355 e. The lowest BCUT2D eigenvalue weighted by Crippen LogP contribution is -2.61. The molecule has 1 amide bonds. The van der Waals surface area contributed by atoms with Crippen molar-refractivity contribution in [3.8, 4) is 0 Å². The molecule has 0 aliphatic carbocycles. The number of rotatable bonds is 0. The van der Waals surface area contributed by atoms with E-state index in [1.807, 2.05) is 25.2 Å². The first-order valence-corrected chi connectivity index (χ1v) is 6.11. The van der Waals surface area contributed by atoms with E-state index < -0.39 is 0 Å². The van der Waals surface area contributed by atoms with E-state index in [9.17, 15) is 4.79 Å². The molecule has 5 heteroatoms. The van der Waals surface area contributed by atoms with Crippen LogP contribution in [0.25, 0.3) is 0 Å². The molecule has 2 aliphatic heterocycles. The normalized spacial score (nSPS) is 23.4. The fourth-order valence-electron chi connectivity index (χ4n) is 2.57. The zero-order valence-electron chi connectivity index (χ0n) is 9.61. The Morgan fingerprint density at radius 3 is 3.06 bits per heavy atom. The van der Waals surface area contributed by atoms with Crippen molar-refractivity contribution in [1.82, 2.24) is 5.32 Å². The van der Waals surface area contributed by atoms with Gasteiger partial charge in [0.25, 0.3) is 5.91 Å². The Labute approximate surface area is 105 Å². The standard InChI is InChI=1S/C12H14ClN3O/c1-15-9-3-2-8(13)6-10(9)16-5-4-14-7-11(16)12(15)17/h2-3,6,11,14H,4-5,7H2,1H3. The predicted molar refractivity (Wildman–Crippen MR) is 68.9 cm³/mol. The first kappa shape index (κ1) is 10.9. The fourth-order valence-corrected chi connectivity index (χ4v) is 2.73. The molecule has 1 fully saturated rings. The van der Waals surface area contributed by atoms with E-state index >= 15 is 0 Å². The van der Waals surface area contributed by atoms with E-state index in [1.165, 1.54) is 0 Å². The zero-order chi connectivity index (χ0) is 12.0. The number of benzene rings is 1. The highest BCUT2D eigenvalue weighted by Crippen LogP contribution is 2.37. The van der Waals surface area contributed by atoms with E-state index in [0.717, 1.165) is 24.5 Å². The van der Waals surface area contributed by atoms with Gasteiger partial charge in [-0.05, 0) is 18.2 Å². The van der Waals surface area contributed by atoms with Crippen molar-refractivity contribution in [3.05, 3.63) is 23.2 Å². The molecule has 1 N–H and O–H groups in total. The SMILES string of the molecule is CN1C(=O)C2CNCCN2c2cc(Cl)ccc21. The van der Waals surface area contributed by atoms with Gasteiger partial charge >= 0.3 is 0 Å². The number of nitrogens with zero attached hydrogens (tertiary/aromatic N) is 2. The smallest absolute Gasteiger partial charge is 0.250 e. The predicted octanol–water partition coefficient (Wildman–Crippen LogP) is 1.09. The van der Waals surface area contributed by atoms with E-state index in [2.05, 4.69) is 10.2 Å². The van der Waals surface area contributed by atoms with Crippen LogP contribution in [0.2, 0.25) is 5.02 Å². The minimum atomic E-state index is -0.0975. The average molecular weight is 252 g/mol. The summed E-state index contributed by atoms with van der Waals surface area (Å²) < 4.78 is 0. The van der Waals surface area contributed by atoms with Crippen molar-refractivity contribution in [3.63, 3.8) is 0 Å². The van der Waals surface area contributed by atoms with E-state index in [0.29, 0.717) is 11.6 Å². The third kappa shape index (κ3) is 1.59. The van der Waals surface area contributed by atoms with Crippen molar-refractivity contribution >= 4 is 28.9 Å².